The lowest BCUT2D eigenvalue weighted by molar-refractivity contribution is 0.431. The molecule has 100 valence electrons. The van der Waals surface area contributed by atoms with Gasteiger partial charge in [0, 0.05) is 24.7 Å². The monoisotopic (exact) mass is 257 g/mol. The van der Waals surface area contributed by atoms with E-state index < -0.39 is 0 Å². The maximum atomic E-state index is 5.96. The molecule has 0 radical (unpaired) electrons. The third-order valence-corrected chi connectivity index (χ3v) is 3.82. The molecule has 1 aliphatic rings. The maximum absolute atomic E-state index is 5.96. The van der Waals surface area contributed by atoms with Crippen LogP contribution in [0.15, 0.2) is 35.0 Å². The Labute approximate surface area is 113 Å². The van der Waals surface area contributed by atoms with Crippen molar-refractivity contribution < 1.29 is 4.52 Å². The lowest BCUT2D eigenvalue weighted by atomic mass is 10.0. The summed E-state index contributed by atoms with van der Waals surface area (Å²) in [6.07, 6.45) is 3.87. The molecular formula is C15H19N3O. The van der Waals surface area contributed by atoms with Crippen molar-refractivity contribution in [3.8, 4) is 11.3 Å². The summed E-state index contributed by atoms with van der Waals surface area (Å²) in [6, 6.07) is 8.57. The van der Waals surface area contributed by atoms with Gasteiger partial charge in [0.05, 0.1) is 6.20 Å². The first kappa shape index (κ1) is 12.2. The lowest BCUT2D eigenvalue weighted by Gasteiger charge is -2.31. The molecule has 0 unspecified atom stereocenters. The molecule has 1 fully saturated rings. The van der Waals surface area contributed by atoms with Crippen LogP contribution in [-0.2, 0) is 0 Å². The van der Waals surface area contributed by atoms with Gasteiger partial charge in [-0.3, -0.25) is 0 Å². The van der Waals surface area contributed by atoms with E-state index in [0.29, 0.717) is 6.04 Å². The molecule has 0 amide bonds. The lowest BCUT2D eigenvalue weighted by Crippen LogP contribution is -2.39. The standard InChI is InChI=1S/C15H19N3O/c1-11-4-2-3-5-13(11)15-14(10-17-19-15)18-8-6-12(16)7-9-18/h2-5,10,12H,6-9,16H2,1H3. The molecule has 4 heteroatoms. The smallest absolute Gasteiger partial charge is 0.190 e. The number of benzene rings is 1. The van der Waals surface area contributed by atoms with Gasteiger partial charge in [-0.05, 0) is 25.3 Å². The minimum Gasteiger partial charge on any atom is -0.367 e. The largest absolute Gasteiger partial charge is 0.367 e. The van der Waals surface area contributed by atoms with Crippen LogP contribution in [0, 0.1) is 6.92 Å². The van der Waals surface area contributed by atoms with Crippen LogP contribution >= 0.6 is 0 Å². The molecule has 0 saturated carbocycles. The summed E-state index contributed by atoms with van der Waals surface area (Å²) in [6.45, 7) is 4.04. The third kappa shape index (κ3) is 2.36. The highest BCUT2D eigenvalue weighted by Crippen LogP contribution is 2.33. The number of nitrogens with zero attached hydrogens (tertiary/aromatic N) is 2. The Hall–Kier alpha value is -1.81. The van der Waals surface area contributed by atoms with Gasteiger partial charge in [-0.25, -0.2) is 0 Å². The number of anilines is 1. The van der Waals surface area contributed by atoms with Crippen LogP contribution in [0.25, 0.3) is 11.3 Å². The second-order valence-corrected chi connectivity index (χ2v) is 5.18. The van der Waals surface area contributed by atoms with Crippen LogP contribution in [0.4, 0.5) is 5.69 Å². The van der Waals surface area contributed by atoms with E-state index in [1.807, 2.05) is 18.3 Å². The van der Waals surface area contributed by atoms with E-state index >= 15 is 0 Å². The summed E-state index contributed by atoms with van der Waals surface area (Å²) < 4.78 is 5.49. The molecular weight excluding hydrogens is 238 g/mol. The number of aromatic nitrogens is 1. The van der Waals surface area contributed by atoms with Crippen molar-refractivity contribution in [2.45, 2.75) is 25.8 Å². The molecule has 2 N–H and O–H groups in total. The molecule has 1 aromatic heterocycles. The van der Waals surface area contributed by atoms with Crippen LogP contribution in [0.2, 0.25) is 0 Å². The second-order valence-electron chi connectivity index (χ2n) is 5.18. The normalized spacial score (nSPS) is 16.8. The van der Waals surface area contributed by atoms with Crippen LogP contribution in [0.3, 0.4) is 0 Å². The van der Waals surface area contributed by atoms with E-state index in [2.05, 4.69) is 29.1 Å². The van der Waals surface area contributed by atoms with Crippen molar-refractivity contribution in [3.63, 3.8) is 0 Å². The first-order valence-corrected chi connectivity index (χ1v) is 6.77. The fourth-order valence-corrected chi connectivity index (χ4v) is 2.61. The quantitative estimate of drug-likeness (QED) is 0.898. The second kappa shape index (κ2) is 5.05. The fourth-order valence-electron chi connectivity index (χ4n) is 2.61. The van der Waals surface area contributed by atoms with Crippen molar-refractivity contribution in [1.82, 2.24) is 5.16 Å². The Morgan fingerprint density at radius 1 is 1.26 bits per heavy atom. The average Bonchev–Trinajstić information content (AvgIpc) is 2.89. The molecule has 1 aliphatic heterocycles. The Morgan fingerprint density at radius 3 is 2.74 bits per heavy atom. The molecule has 0 aliphatic carbocycles. The highest BCUT2D eigenvalue weighted by molar-refractivity contribution is 5.75. The van der Waals surface area contributed by atoms with E-state index in [4.69, 9.17) is 10.3 Å². The molecule has 0 bridgehead atoms. The van der Waals surface area contributed by atoms with Crippen molar-refractivity contribution in [2.24, 2.45) is 5.73 Å². The van der Waals surface area contributed by atoms with Crippen LogP contribution in [-0.4, -0.2) is 24.3 Å². The van der Waals surface area contributed by atoms with Gasteiger partial charge in [0.15, 0.2) is 5.76 Å². The number of piperidine rings is 1. The van der Waals surface area contributed by atoms with Crippen molar-refractivity contribution >= 4 is 5.69 Å². The average molecular weight is 257 g/mol. The Balaban J connectivity index is 1.93. The number of aryl methyl sites for hydroxylation is 1. The van der Waals surface area contributed by atoms with Crippen LogP contribution in [0.1, 0.15) is 18.4 Å². The number of hydrogen-bond acceptors (Lipinski definition) is 4. The summed E-state index contributed by atoms with van der Waals surface area (Å²) in [7, 11) is 0. The summed E-state index contributed by atoms with van der Waals surface area (Å²) in [5, 5.41) is 3.99. The van der Waals surface area contributed by atoms with E-state index in [9.17, 15) is 0 Å². The molecule has 0 spiro atoms. The van der Waals surface area contributed by atoms with Crippen LogP contribution in [0.5, 0.6) is 0 Å². The van der Waals surface area contributed by atoms with E-state index in [1.54, 1.807) is 0 Å². The van der Waals surface area contributed by atoms with Crippen molar-refractivity contribution in [3.05, 3.63) is 36.0 Å². The third-order valence-electron chi connectivity index (χ3n) is 3.82. The minimum atomic E-state index is 0.332. The van der Waals surface area contributed by atoms with Gasteiger partial charge in [-0.1, -0.05) is 29.4 Å². The minimum absolute atomic E-state index is 0.332. The SMILES string of the molecule is Cc1ccccc1-c1oncc1N1CCC(N)CC1. The van der Waals surface area contributed by atoms with Crippen molar-refractivity contribution in [2.75, 3.05) is 18.0 Å². The topological polar surface area (TPSA) is 55.3 Å². The first-order chi connectivity index (χ1) is 9.25. The fraction of sp³-hybridized carbons (Fsp3) is 0.400. The Kier molecular flexibility index (Phi) is 3.25. The highest BCUT2D eigenvalue weighted by Gasteiger charge is 2.22. The van der Waals surface area contributed by atoms with Gasteiger partial charge in [0.2, 0.25) is 0 Å². The summed E-state index contributed by atoms with van der Waals surface area (Å²) in [5.74, 6) is 0.869. The van der Waals surface area contributed by atoms with Crippen LogP contribution < -0.4 is 10.6 Å². The van der Waals surface area contributed by atoms with Gasteiger partial charge in [-0.2, -0.15) is 0 Å². The van der Waals surface area contributed by atoms with Gasteiger partial charge >= 0.3 is 0 Å². The van der Waals surface area contributed by atoms with E-state index in [0.717, 1.165) is 42.9 Å². The zero-order valence-electron chi connectivity index (χ0n) is 11.2. The molecule has 2 heterocycles. The van der Waals surface area contributed by atoms with E-state index in [-0.39, 0.29) is 0 Å². The first-order valence-electron chi connectivity index (χ1n) is 6.77. The Morgan fingerprint density at radius 2 is 2.00 bits per heavy atom. The van der Waals surface area contributed by atoms with Gasteiger partial charge < -0.3 is 15.2 Å². The maximum Gasteiger partial charge on any atom is 0.190 e. The number of rotatable bonds is 2. The van der Waals surface area contributed by atoms with Gasteiger partial charge in [0.25, 0.3) is 0 Å². The van der Waals surface area contributed by atoms with Gasteiger partial charge in [-0.15, -0.1) is 0 Å². The summed E-state index contributed by atoms with van der Waals surface area (Å²) in [5.41, 5.74) is 9.36. The predicted octanol–water partition coefficient (Wildman–Crippen LogP) is 2.58. The molecule has 2 aromatic rings. The molecule has 1 aromatic carbocycles. The summed E-state index contributed by atoms with van der Waals surface area (Å²) >= 11 is 0. The molecule has 3 rings (SSSR count). The van der Waals surface area contributed by atoms with Crippen molar-refractivity contribution in [1.29, 1.82) is 0 Å². The zero-order chi connectivity index (χ0) is 13.2. The Bertz CT molecular complexity index is 556. The molecule has 1 saturated heterocycles. The molecule has 0 atom stereocenters. The summed E-state index contributed by atoms with van der Waals surface area (Å²) in [4.78, 5) is 2.32. The number of nitrogens with two attached hydrogens (primary N) is 1. The van der Waals surface area contributed by atoms with E-state index in [1.165, 1.54) is 5.56 Å². The molecule has 19 heavy (non-hydrogen) atoms. The number of hydrogen-bond donors (Lipinski definition) is 1. The zero-order valence-corrected chi connectivity index (χ0v) is 11.2. The van der Waals surface area contributed by atoms with Gasteiger partial charge in [0.1, 0.15) is 5.69 Å². The highest BCUT2D eigenvalue weighted by atomic mass is 16.5. The molecule has 4 nitrogen and oxygen atoms in total. The predicted molar refractivity (Wildman–Crippen MR) is 76.1 cm³/mol.